The zero-order chi connectivity index (χ0) is 9.98. The first-order valence-corrected chi connectivity index (χ1v) is 8.95. The second kappa shape index (κ2) is 12.1. The summed E-state index contributed by atoms with van der Waals surface area (Å²) in [5.74, 6) is 1.91. The van der Waals surface area contributed by atoms with E-state index >= 15 is 0 Å². The van der Waals surface area contributed by atoms with Gasteiger partial charge in [0.25, 0.3) is 0 Å². The van der Waals surface area contributed by atoms with E-state index in [0.29, 0.717) is 15.2 Å². The van der Waals surface area contributed by atoms with Gasteiger partial charge in [-0.1, -0.05) is 57.0 Å². The smallest absolute Gasteiger partial charge is 0.104 e. The molecule has 0 atom stereocenters. The standard InChI is InChI=1S/2C4H9.C2H5.2Al.3H/c2*1-4(2)3;1-2;;;;;/h2*4H,1H2,2-3H3;1H2,2H3;;;;;. The molecular weight excluding hydrogens is 174 g/mol. The summed E-state index contributed by atoms with van der Waals surface area (Å²) in [4.78, 5) is 0. The maximum absolute atomic E-state index is 2.33. The van der Waals surface area contributed by atoms with Gasteiger partial charge in [-0.3, -0.25) is 0 Å². The normalized spacial score (nSPS) is 9.58. The first kappa shape index (κ1) is 15.5. The van der Waals surface area contributed by atoms with Crippen LogP contribution in [0.15, 0.2) is 0 Å². The second-order valence-corrected chi connectivity index (χ2v) is 7.70. The Bertz CT molecular complexity index is 62.2. The van der Waals surface area contributed by atoms with Crippen LogP contribution in [0.3, 0.4) is 0 Å². The maximum Gasteiger partial charge on any atom is 0.237 e. The molecule has 12 heavy (non-hydrogen) atoms. The summed E-state index contributed by atoms with van der Waals surface area (Å²) in [5.41, 5.74) is 0. The van der Waals surface area contributed by atoms with Gasteiger partial charge in [0, 0.05) is 0 Å². The minimum atomic E-state index is 0.316. The molecule has 0 saturated heterocycles. The highest BCUT2D eigenvalue weighted by Crippen LogP contribution is 2.05. The lowest BCUT2D eigenvalue weighted by Gasteiger charge is -2.03. The molecule has 0 saturated carbocycles. The Morgan fingerprint density at radius 1 is 1.00 bits per heavy atom. The van der Waals surface area contributed by atoms with Crippen molar-refractivity contribution in [1.29, 1.82) is 0 Å². The SMILES string of the molecule is CC(C)[CH2][AlH][CH2]C(C)C.C[CH2][AlH2]. The Morgan fingerprint density at radius 2 is 1.25 bits per heavy atom. The van der Waals surface area contributed by atoms with Crippen LogP contribution < -0.4 is 0 Å². The lowest BCUT2D eigenvalue weighted by Crippen LogP contribution is -1.99. The van der Waals surface area contributed by atoms with Crippen molar-refractivity contribution in [2.24, 2.45) is 11.8 Å². The minimum Gasteiger partial charge on any atom is -0.104 e. The second-order valence-electron chi connectivity index (χ2n) is 4.43. The molecule has 0 N–H and O–H groups in total. The molecule has 0 bridgehead atoms. The van der Waals surface area contributed by atoms with Crippen molar-refractivity contribution in [1.82, 2.24) is 0 Å². The zero-order valence-corrected chi connectivity index (χ0v) is 13.4. The fourth-order valence-corrected chi connectivity index (χ4v) is 2.80. The van der Waals surface area contributed by atoms with Gasteiger partial charge >= 0.3 is 0 Å². The maximum atomic E-state index is 2.33. The Kier molecular flexibility index (Phi) is 15.6. The van der Waals surface area contributed by atoms with Gasteiger partial charge in [-0.05, 0) is 0 Å². The van der Waals surface area contributed by atoms with Crippen LogP contribution in [0.2, 0.25) is 15.8 Å². The third kappa shape index (κ3) is 22.5. The van der Waals surface area contributed by atoms with Crippen molar-refractivity contribution in [3.8, 4) is 0 Å². The summed E-state index contributed by atoms with van der Waals surface area (Å²) < 4.78 is 0. The molecule has 72 valence electrons. The molecule has 0 unspecified atom stereocenters. The highest BCUT2D eigenvalue weighted by molar-refractivity contribution is 6.35. The van der Waals surface area contributed by atoms with Crippen molar-refractivity contribution in [2.45, 2.75) is 50.5 Å². The van der Waals surface area contributed by atoms with E-state index in [9.17, 15) is 0 Å². The molecule has 0 amide bonds. The van der Waals surface area contributed by atoms with Gasteiger partial charge in [0.15, 0.2) is 0 Å². The summed E-state index contributed by atoms with van der Waals surface area (Å²) in [6.45, 7) is 11.5. The molecule has 0 aliphatic rings. The summed E-state index contributed by atoms with van der Waals surface area (Å²) in [5, 5.41) is 4.47. The Balaban J connectivity index is 0. The average molecular weight is 200 g/mol. The van der Waals surface area contributed by atoms with Gasteiger partial charge in [0.1, 0.15) is 0 Å². The number of hydrogen-bond donors (Lipinski definition) is 0. The average Bonchev–Trinajstić information content (AvgIpc) is 1.87. The summed E-state index contributed by atoms with van der Waals surface area (Å²) in [6.07, 6.45) is 0. The molecule has 0 aromatic rings. The molecule has 0 aromatic carbocycles. The first-order chi connectivity index (χ1) is 5.54. The molecule has 0 aliphatic carbocycles. The molecule has 0 spiro atoms. The summed E-state index contributed by atoms with van der Waals surface area (Å²) >= 11 is 1.69. The predicted molar refractivity (Wildman–Crippen MR) is 65.5 cm³/mol. The lowest BCUT2D eigenvalue weighted by atomic mass is 10.3. The van der Waals surface area contributed by atoms with Gasteiger partial charge in [0.2, 0.25) is 31.5 Å². The lowest BCUT2D eigenvalue weighted by molar-refractivity contribution is 0.700. The molecule has 2 heteroatoms. The van der Waals surface area contributed by atoms with E-state index in [1.807, 2.05) is 0 Å². The molecular formula is C10H26Al2. The van der Waals surface area contributed by atoms with Gasteiger partial charge in [-0.25, -0.2) is 0 Å². The van der Waals surface area contributed by atoms with E-state index in [-0.39, 0.29) is 0 Å². The summed E-state index contributed by atoms with van der Waals surface area (Å²) in [7, 11) is 0. The zero-order valence-electron chi connectivity index (χ0n) is 9.98. The van der Waals surface area contributed by atoms with Crippen LogP contribution in [-0.2, 0) is 0 Å². The van der Waals surface area contributed by atoms with Crippen LogP contribution in [0.1, 0.15) is 34.6 Å². The van der Waals surface area contributed by atoms with Gasteiger partial charge in [-0.15, -0.1) is 5.28 Å². The summed E-state index contributed by atoms with van der Waals surface area (Å²) in [6, 6.07) is 0. The number of rotatable bonds is 4. The van der Waals surface area contributed by atoms with E-state index in [1.54, 1.807) is 0 Å². The monoisotopic (exact) mass is 200 g/mol. The van der Waals surface area contributed by atoms with Crippen LogP contribution in [-0.4, -0.2) is 31.5 Å². The highest BCUT2D eigenvalue weighted by Gasteiger charge is 1.99. The van der Waals surface area contributed by atoms with Crippen molar-refractivity contribution < 1.29 is 0 Å². The molecule has 0 rings (SSSR count). The molecule has 0 aromatic heterocycles. The first-order valence-electron chi connectivity index (χ1n) is 5.54. The predicted octanol–water partition coefficient (Wildman–Crippen LogP) is 2.63. The fourth-order valence-electron chi connectivity index (χ4n) is 0.934. The van der Waals surface area contributed by atoms with Gasteiger partial charge in [-0.2, -0.15) is 0 Å². The Morgan fingerprint density at radius 3 is 1.42 bits per heavy atom. The van der Waals surface area contributed by atoms with E-state index in [4.69, 9.17) is 0 Å². The van der Waals surface area contributed by atoms with Crippen LogP contribution in [0, 0.1) is 11.8 Å². The van der Waals surface area contributed by atoms with Crippen molar-refractivity contribution in [2.75, 3.05) is 0 Å². The molecule has 0 fully saturated rings. The third-order valence-corrected chi connectivity index (χ3v) is 4.69. The third-order valence-electron chi connectivity index (χ3n) is 1.56. The van der Waals surface area contributed by atoms with Gasteiger partial charge < -0.3 is 0 Å². The molecule has 0 nitrogen and oxygen atoms in total. The fraction of sp³-hybridized carbons (Fsp3) is 1.00. The Labute approximate surface area is 93.6 Å². The largest absolute Gasteiger partial charge is 0.237 e. The quantitative estimate of drug-likeness (QED) is 0.612. The minimum absolute atomic E-state index is 0.316. The van der Waals surface area contributed by atoms with E-state index in [2.05, 4.69) is 34.6 Å². The van der Waals surface area contributed by atoms with Crippen molar-refractivity contribution in [3.05, 3.63) is 0 Å². The van der Waals surface area contributed by atoms with E-state index in [1.165, 1.54) is 32.1 Å². The van der Waals surface area contributed by atoms with Crippen LogP contribution >= 0.6 is 0 Å². The van der Waals surface area contributed by atoms with Gasteiger partial charge in [0.05, 0.1) is 0 Å². The highest BCUT2D eigenvalue weighted by atomic mass is 27.1. The molecule has 0 aliphatic heterocycles. The molecule has 0 heterocycles. The van der Waals surface area contributed by atoms with E-state index in [0.717, 1.165) is 11.8 Å². The van der Waals surface area contributed by atoms with E-state index < -0.39 is 0 Å². The van der Waals surface area contributed by atoms with Crippen LogP contribution in [0.5, 0.6) is 0 Å². The van der Waals surface area contributed by atoms with Crippen LogP contribution in [0.4, 0.5) is 0 Å². The Hall–Kier alpha value is 1.06. The topological polar surface area (TPSA) is 0 Å². The van der Waals surface area contributed by atoms with Crippen LogP contribution in [0.25, 0.3) is 0 Å². The van der Waals surface area contributed by atoms with Crippen molar-refractivity contribution >= 4 is 31.5 Å². The number of hydrogen-bond acceptors (Lipinski definition) is 0. The molecule has 0 radical (unpaired) electrons. The van der Waals surface area contributed by atoms with Crippen molar-refractivity contribution in [3.63, 3.8) is 0 Å².